The minimum Gasteiger partial charge on any atom is -0.496 e. The van der Waals surface area contributed by atoms with Gasteiger partial charge in [0.15, 0.2) is 0 Å². The number of carbonyl (C=O) groups is 1. The van der Waals surface area contributed by atoms with Crippen LogP contribution in [0, 0.1) is 0 Å². The van der Waals surface area contributed by atoms with Gasteiger partial charge in [0, 0.05) is 35.0 Å². The van der Waals surface area contributed by atoms with Gasteiger partial charge in [-0.25, -0.2) is 4.98 Å². The van der Waals surface area contributed by atoms with Crippen LogP contribution < -0.4 is 14.8 Å². The predicted molar refractivity (Wildman–Crippen MR) is 98.9 cm³/mol. The lowest BCUT2D eigenvalue weighted by Gasteiger charge is -2.12. The third kappa shape index (κ3) is 5.80. The second-order valence-corrected chi connectivity index (χ2v) is 6.01. The van der Waals surface area contributed by atoms with Crippen LogP contribution in [0.1, 0.15) is 25.0 Å². The average Bonchev–Trinajstić information content (AvgIpc) is 2.59. The van der Waals surface area contributed by atoms with Crippen LogP contribution in [-0.4, -0.2) is 24.1 Å². The molecule has 6 heteroatoms. The smallest absolute Gasteiger partial charge is 0.244 e. The number of carbonyl (C=O) groups excluding carboxylic acids is 1. The molecule has 0 saturated carbocycles. The van der Waals surface area contributed by atoms with Crippen LogP contribution in [0.4, 0.5) is 0 Å². The summed E-state index contributed by atoms with van der Waals surface area (Å²) < 4.78 is 10.9. The molecule has 5 nitrogen and oxygen atoms in total. The molecule has 0 unspecified atom stereocenters. The first-order chi connectivity index (χ1) is 12.0. The monoisotopic (exact) mass is 360 g/mol. The molecule has 2 aromatic rings. The summed E-state index contributed by atoms with van der Waals surface area (Å²) in [7, 11) is 1.57. The fourth-order valence-electron chi connectivity index (χ4n) is 2.13. The van der Waals surface area contributed by atoms with Crippen molar-refractivity contribution in [3.63, 3.8) is 0 Å². The molecule has 1 amide bonds. The summed E-state index contributed by atoms with van der Waals surface area (Å²) in [4.78, 5) is 16.3. The van der Waals surface area contributed by atoms with Crippen molar-refractivity contribution in [1.29, 1.82) is 0 Å². The fraction of sp³-hybridized carbons (Fsp3) is 0.263. The number of methoxy groups -OCH3 is 1. The third-order valence-corrected chi connectivity index (χ3v) is 3.49. The molecule has 1 aromatic carbocycles. The molecule has 1 N–H and O–H groups in total. The average molecular weight is 361 g/mol. The lowest BCUT2D eigenvalue weighted by molar-refractivity contribution is -0.116. The molecule has 0 saturated heterocycles. The maximum Gasteiger partial charge on any atom is 0.244 e. The number of halogens is 1. The molecule has 0 aliphatic heterocycles. The highest BCUT2D eigenvalue weighted by atomic mass is 35.5. The summed E-state index contributed by atoms with van der Waals surface area (Å²) in [5.74, 6) is 0.938. The normalized spacial score (nSPS) is 10.9. The Balaban J connectivity index is 2.01. The first-order valence-corrected chi connectivity index (χ1v) is 8.27. The molecule has 0 atom stereocenters. The Morgan fingerprint density at radius 1 is 1.36 bits per heavy atom. The minimum atomic E-state index is -0.235. The van der Waals surface area contributed by atoms with E-state index in [2.05, 4.69) is 10.3 Å². The van der Waals surface area contributed by atoms with Gasteiger partial charge >= 0.3 is 0 Å². The number of benzene rings is 1. The Kier molecular flexibility index (Phi) is 6.83. The van der Waals surface area contributed by atoms with Gasteiger partial charge in [0.05, 0.1) is 13.2 Å². The van der Waals surface area contributed by atoms with Crippen LogP contribution in [0.15, 0.2) is 42.6 Å². The number of amides is 1. The summed E-state index contributed by atoms with van der Waals surface area (Å²) in [6.45, 7) is 4.18. The van der Waals surface area contributed by atoms with Gasteiger partial charge in [-0.15, -0.1) is 0 Å². The van der Waals surface area contributed by atoms with Crippen LogP contribution in [-0.2, 0) is 11.3 Å². The Labute approximate surface area is 152 Å². The van der Waals surface area contributed by atoms with Gasteiger partial charge in [0.1, 0.15) is 5.75 Å². The van der Waals surface area contributed by atoms with Gasteiger partial charge < -0.3 is 14.8 Å². The van der Waals surface area contributed by atoms with Gasteiger partial charge in [-0.3, -0.25) is 4.79 Å². The van der Waals surface area contributed by atoms with Gasteiger partial charge in [0.25, 0.3) is 0 Å². The Bertz CT molecular complexity index is 760. The number of hydrogen-bond donors (Lipinski definition) is 1. The number of rotatable bonds is 7. The first kappa shape index (κ1) is 18.8. The quantitative estimate of drug-likeness (QED) is 0.761. The van der Waals surface area contributed by atoms with E-state index < -0.39 is 0 Å². The van der Waals surface area contributed by atoms with E-state index in [-0.39, 0.29) is 12.0 Å². The van der Waals surface area contributed by atoms with Crippen LogP contribution in [0.25, 0.3) is 6.08 Å². The molecule has 0 aliphatic carbocycles. The number of nitrogens with zero attached hydrogens (tertiary/aromatic N) is 1. The fourth-order valence-corrected chi connectivity index (χ4v) is 2.31. The molecule has 0 bridgehead atoms. The van der Waals surface area contributed by atoms with Crippen LogP contribution in [0.2, 0.25) is 5.02 Å². The van der Waals surface area contributed by atoms with Crippen LogP contribution in [0.5, 0.6) is 11.6 Å². The van der Waals surface area contributed by atoms with Gasteiger partial charge in [-0.2, -0.15) is 0 Å². The Morgan fingerprint density at radius 2 is 2.16 bits per heavy atom. The maximum atomic E-state index is 12.1. The van der Waals surface area contributed by atoms with E-state index >= 15 is 0 Å². The molecule has 1 heterocycles. The highest BCUT2D eigenvalue weighted by Gasteiger charge is 2.08. The van der Waals surface area contributed by atoms with Crippen molar-refractivity contribution in [3.8, 4) is 11.6 Å². The van der Waals surface area contributed by atoms with E-state index in [9.17, 15) is 4.79 Å². The Hall–Kier alpha value is -2.53. The molecule has 0 fully saturated rings. The third-order valence-electron chi connectivity index (χ3n) is 3.26. The van der Waals surface area contributed by atoms with Crippen LogP contribution in [0.3, 0.4) is 0 Å². The molecule has 1 aromatic heterocycles. The standard InChI is InChI=1S/C19H21ClN2O3/c1-13(2)25-19-15(5-4-10-21-19)12-22-18(23)9-6-14-11-16(20)7-8-17(14)24-3/h4-11,13H,12H2,1-3H3,(H,22,23). The van der Waals surface area contributed by atoms with E-state index in [0.29, 0.717) is 23.2 Å². The Morgan fingerprint density at radius 3 is 2.88 bits per heavy atom. The van der Waals surface area contributed by atoms with Crippen LogP contribution >= 0.6 is 11.6 Å². The molecule has 0 spiro atoms. The summed E-state index contributed by atoms with van der Waals surface area (Å²) in [6.07, 6.45) is 4.77. The number of pyridine rings is 1. The number of hydrogen-bond acceptors (Lipinski definition) is 4. The molecular formula is C19H21ClN2O3. The van der Waals surface area contributed by atoms with Crippen molar-refractivity contribution in [1.82, 2.24) is 10.3 Å². The summed E-state index contributed by atoms with van der Waals surface area (Å²) in [5.41, 5.74) is 1.55. The lowest BCUT2D eigenvalue weighted by atomic mass is 10.2. The largest absolute Gasteiger partial charge is 0.496 e. The number of aromatic nitrogens is 1. The van der Waals surface area contributed by atoms with E-state index in [1.165, 1.54) is 6.08 Å². The lowest BCUT2D eigenvalue weighted by Crippen LogP contribution is -2.21. The molecule has 25 heavy (non-hydrogen) atoms. The second kappa shape index (κ2) is 9.08. The van der Waals surface area contributed by atoms with Crippen molar-refractivity contribution in [2.45, 2.75) is 26.5 Å². The van der Waals surface area contributed by atoms with E-state index in [1.807, 2.05) is 19.9 Å². The van der Waals surface area contributed by atoms with Crippen molar-refractivity contribution >= 4 is 23.6 Å². The van der Waals surface area contributed by atoms with Gasteiger partial charge in [-0.1, -0.05) is 17.7 Å². The zero-order valence-electron chi connectivity index (χ0n) is 14.5. The van der Waals surface area contributed by atoms with Gasteiger partial charge in [-0.05, 0) is 44.2 Å². The van der Waals surface area contributed by atoms with E-state index in [1.54, 1.807) is 43.6 Å². The first-order valence-electron chi connectivity index (χ1n) is 7.89. The number of nitrogens with one attached hydrogen (secondary N) is 1. The maximum absolute atomic E-state index is 12.1. The molecule has 2 rings (SSSR count). The zero-order chi connectivity index (χ0) is 18.2. The highest BCUT2D eigenvalue weighted by molar-refractivity contribution is 6.30. The minimum absolute atomic E-state index is 0.0135. The SMILES string of the molecule is COc1ccc(Cl)cc1C=CC(=O)NCc1cccnc1OC(C)C. The molecule has 132 valence electrons. The summed E-state index contributed by atoms with van der Waals surface area (Å²) >= 11 is 5.98. The van der Waals surface area contributed by atoms with E-state index in [0.717, 1.165) is 11.1 Å². The van der Waals surface area contributed by atoms with Crippen molar-refractivity contribution in [2.75, 3.05) is 7.11 Å². The molecule has 0 radical (unpaired) electrons. The second-order valence-electron chi connectivity index (χ2n) is 5.57. The van der Waals surface area contributed by atoms with Crippen molar-refractivity contribution in [3.05, 3.63) is 58.8 Å². The summed E-state index contributed by atoms with van der Waals surface area (Å²) in [6, 6.07) is 8.90. The van der Waals surface area contributed by atoms with Crippen molar-refractivity contribution in [2.24, 2.45) is 0 Å². The molecular weight excluding hydrogens is 340 g/mol. The van der Waals surface area contributed by atoms with Crippen molar-refractivity contribution < 1.29 is 14.3 Å². The number of ether oxygens (including phenoxy) is 2. The topological polar surface area (TPSA) is 60.5 Å². The van der Waals surface area contributed by atoms with Gasteiger partial charge in [0.2, 0.25) is 11.8 Å². The van der Waals surface area contributed by atoms with E-state index in [4.69, 9.17) is 21.1 Å². The molecule has 0 aliphatic rings. The summed E-state index contributed by atoms with van der Waals surface area (Å²) in [5, 5.41) is 3.39. The zero-order valence-corrected chi connectivity index (χ0v) is 15.2. The highest BCUT2D eigenvalue weighted by Crippen LogP contribution is 2.23. The predicted octanol–water partition coefficient (Wildman–Crippen LogP) is 3.86.